The maximum Gasteiger partial charge on any atom is 0.417 e. The number of benzene rings is 3. The van der Waals surface area contributed by atoms with Crippen LogP contribution in [0.2, 0.25) is 5.02 Å². The summed E-state index contributed by atoms with van der Waals surface area (Å²) in [5.74, 6) is -0.250. The van der Waals surface area contributed by atoms with Gasteiger partial charge in [-0.15, -0.1) is 5.10 Å². The summed E-state index contributed by atoms with van der Waals surface area (Å²) in [6.07, 6.45) is -1.31. The van der Waals surface area contributed by atoms with E-state index in [2.05, 4.69) is 10.4 Å². The largest absolute Gasteiger partial charge is 0.417 e. The van der Waals surface area contributed by atoms with Crippen LogP contribution in [0.25, 0.3) is 17.1 Å². The van der Waals surface area contributed by atoms with Crippen molar-refractivity contribution in [1.29, 1.82) is 0 Å². The smallest absolute Gasteiger partial charge is 0.325 e. The molecule has 0 fully saturated rings. The number of carbonyl (C=O) groups is 1. The summed E-state index contributed by atoms with van der Waals surface area (Å²) < 4.78 is 43.8. The Kier molecular flexibility index (Phi) is 8.02. The third-order valence-corrected chi connectivity index (χ3v) is 8.84. The molecule has 1 amide bonds. The Morgan fingerprint density at radius 2 is 1.70 bits per heavy atom. The molecular weight excluding hydrogens is 599 g/mol. The molecule has 220 valence electrons. The highest BCUT2D eigenvalue weighted by Crippen LogP contribution is 2.40. The number of thioether (sulfide) groups is 1. The summed E-state index contributed by atoms with van der Waals surface area (Å²) in [6, 6.07) is 21.3. The van der Waals surface area contributed by atoms with E-state index < -0.39 is 27.9 Å². The Bertz CT molecular complexity index is 1810. The van der Waals surface area contributed by atoms with E-state index in [1.165, 1.54) is 22.5 Å². The van der Waals surface area contributed by atoms with Crippen molar-refractivity contribution in [3.63, 3.8) is 0 Å². The first-order valence-corrected chi connectivity index (χ1v) is 14.9. The van der Waals surface area contributed by atoms with Gasteiger partial charge in [0.05, 0.1) is 16.3 Å². The molecule has 0 bridgehead atoms. The van der Waals surface area contributed by atoms with Gasteiger partial charge in [0.25, 0.3) is 5.56 Å². The van der Waals surface area contributed by atoms with E-state index in [0.717, 1.165) is 37.1 Å². The van der Waals surface area contributed by atoms with Crippen LogP contribution < -0.4 is 10.9 Å². The number of amides is 1. The van der Waals surface area contributed by atoms with Crippen LogP contribution in [0.1, 0.15) is 41.3 Å². The van der Waals surface area contributed by atoms with E-state index in [1.54, 1.807) is 36.4 Å². The topological polar surface area (TPSA) is 81.8 Å². The van der Waals surface area contributed by atoms with Crippen molar-refractivity contribution in [1.82, 2.24) is 19.3 Å². The first-order chi connectivity index (χ1) is 20.7. The number of alkyl halides is 3. The first kappa shape index (κ1) is 29.0. The second-order valence-corrected chi connectivity index (χ2v) is 11.6. The molecular formula is C31H25ClF3N5O2S. The molecule has 0 spiro atoms. The van der Waals surface area contributed by atoms with E-state index in [0.29, 0.717) is 34.9 Å². The van der Waals surface area contributed by atoms with Crippen LogP contribution in [0.4, 0.5) is 18.9 Å². The van der Waals surface area contributed by atoms with Crippen molar-refractivity contribution in [2.75, 3.05) is 5.32 Å². The zero-order valence-electron chi connectivity index (χ0n) is 22.6. The highest BCUT2D eigenvalue weighted by atomic mass is 35.5. The van der Waals surface area contributed by atoms with Gasteiger partial charge in [0.2, 0.25) is 5.91 Å². The van der Waals surface area contributed by atoms with Gasteiger partial charge in [-0.3, -0.25) is 9.59 Å². The Balaban J connectivity index is 1.43. The lowest BCUT2D eigenvalue weighted by molar-refractivity contribution is -0.137. The molecule has 3 aliphatic heterocycles. The van der Waals surface area contributed by atoms with E-state index in [1.807, 2.05) is 28.8 Å². The molecule has 0 aliphatic carbocycles. The van der Waals surface area contributed by atoms with Crippen molar-refractivity contribution in [3.8, 4) is 17.1 Å². The van der Waals surface area contributed by atoms with Gasteiger partial charge in [0.15, 0.2) is 11.0 Å². The molecule has 3 aromatic rings. The number of nitrogens with one attached hydrogen (secondary N) is 1. The Labute approximate surface area is 254 Å². The number of fused-ring (bicyclic) bond motifs is 3. The molecule has 12 heteroatoms. The second-order valence-electron chi connectivity index (χ2n) is 10.1. The highest BCUT2D eigenvalue weighted by molar-refractivity contribution is 8.00. The maximum absolute atomic E-state index is 13.8. The third kappa shape index (κ3) is 5.92. The van der Waals surface area contributed by atoms with Gasteiger partial charge < -0.3 is 9.88 Å². The summed E-state index contributed by atoms with van der Waals surface area (Å²) in [5.41, 5.74) is 1.21. The molecule has 0 saturated carbocycles. The predicted molar refractivity (Wildman–Crippen MR) is 160 cm³/mol. The van der Waals surface area contributed by atoms with Crippen LogP contribution in [-0.4, -0.2) is 25.2 Å². The summed E-state index contributed by atoms with van der Waals surface area (Å²) in [5, 5.41) is 6.37. The van der Waals surface area contributed by atoms with Gasteiger partial charge in [-0.2, -0.15) is 17.9 Å². The SMILES string of the molecule is O=C(Nc1ccc(Cl)c(C(F)(F)F)c1)[C@H](Sc1nc2nn(-c3ccccc3)c(=O)c-2c2n1CCCCC2)c1ccccc1. The quantitative estimate of drug-likeness (QED) is 0.157. The fraction of sp³-hybridized carbons (Fsp3) is 0.226. The number of carbonyl (C=O) groups excluding carboxylic acids is 1. The van der Waals surface area contributed by atoms with Gasteiger partial charge in [-0.25, -0.2) is 4.98 Å². The molecule has 6 rings (SSSR count). The number of aromatic nitrogens is 4. The zero-order chi connectivity index (χ0) is 30.1. The van der Waals surface area contributed by atoms with E-state index in [-0.39, 0.29) is 17.1 Å². The fourth-order valence-corrected chi connectivity index (χ4v) is 6.58. The van der Waals surface area contributed by atoms with Crippen molar-refractivity contribution >= 4 is 35.0 Å². The van der Waals surface area contributed by atoms with Crippen molar-refractivity contribution in [2.24, 2.45) is 0 Å². The van der Waals surface area contributed by atoms with Crippen LogP contribution >= 0.6 is 23.4 Å². The molecule has 1 atom stereocenters. The highest BCUT2D eigenvalue weighted by Gasteiger charge is 2.34. The minimum atomic E-state index is -4.68. The van der Waals surface area contributed by atoms with Crippen molar-refractivity contribution in [2.45, 2.75) is 48.8 Å². The Morgan fingerprint density at radius 1 is 0.977 bits per heavy atom. The first-order valence-electron chi connectivity index (χ1n) is 13.7. The van der Waals surface area contributed by atoms with Gasteiger partial charge >= 0.3 is 6.18 Å². The van der Waals surface area contributed by atoms with Gasteiger partial charge in [-0.1, -0.05) is 78.3 Å². The minimum absolute atomic E-state index is 0.0317. The van der Waals surface area contributed by atoms with Crippen LogP contribution in [0.5, 0.6) is 0 Å². The number of hydrogen-bond donors (Lipinski definition) is 1. The van der Waals surface area contributed by atoms with E-state index in [4.69, 9.17) is 16.6 Å². The van der Waals surface area contributed by atoms with Gasteiger partial charge in [0, 0.05) is 17.9 Å². The average molecular weight is 624 g/mol. The number of hydrogen-bond acceptors (Lipinski definition) is 5. The van der Waals surface area contributed by atoms with Gasteiger partial charge in [-0.05, 0) is 55.2 Å². The predicted octanol–water partition coefficient (Wildman–Crippen LogP) is 7.40. The summed E-state index contributed by atoms with van der Waals surface area (Å²) in [6.45, 7) is 0.603. The van der Waals surface area contributed by atoms with E-state index in [9.17, 15) is 22.8 Å². The standard InChI is InChI=1S/C31H25ClF3N5O2S/c32-23-16-15-20(18-22(23)31(33,34)35)36-28(41)26(19-10-4-1-5-11-19)43-30-37-27-25(24-14-8-3-9-17-39(24)30)29(42)40(38-27)21-12-6-2-7-13-21/h1-2,4-7,10-13,15-16,18,26H,3,8-9,14,17H2,(H,36,41)/t26-/m1/s1. The average Bonchev–Trinajstić information content (AvgIpc) is 3.15. The van der Waals surface area contributed by atoms with Crippen LogP contribution in [-0.2, 0) is 23.9 Å². The molecule has 7 nitrogen and oxygen atoms in total. The summed E-state index contributed by atoms with van der Waals surface area (Å²) in [7, 11) is 0. The van der Waals surface area contributed by atoms with Crippen molar-refractivity contribution < 1.29 is 18.0 Å². The third-order valence-electron chi connectivity index (χ3n) is 7.27. The monoisotopic (exact) mass is 623 g/mol. The lowest BCUT2D eigenvalue weighted by Crippen LogP contribution is -2.22. The lowest BCUT2D eigenvalue weighted by Gasteiger charge is -2.22. The van der Waals surface area contributed by atoms with Crippen LogP contribution in [0.3, 0.4) is 0 Å². The number of para-hydroxylation sites is 1. The summed E-state index contributed by atoms with van der Waals surface area (Å²) in [4.78, 5) is 32.1. The number of anilines is 1. The zero-order valence-corrected chi connectivity index (χ0v) is 24.2. The second kappa shape index (κ2) is 11.9. The fourth-order valence-electron chi connectivity index (χ4n) is 5.22. The Morgan fingerprint density at radius 3 is 2.42 bits per heavy atom. The van der Waals surface area contributed by atoms with Gasteiger partial charge in [0.1, 0.15) is 10.8 Å². The van der Waals surface area contributed by atoms with E-state index >= 15 is 0 Å². The molecule has 43 heavy (non-hydrogen) atoms. The molecule has 0 saturated heterocycles. The van der Waals surface area contributed by atoms with Crippen LogP contribution in [0, 0.1) is 0 Å². The minimum Gasteiger partial charge on any atom is -0.325 e. The number of nitrogens with zero attached hydrogens (tertiary/aromatic N) is 4. The maximum atomic E-state index is 13.8. The number of halogens is 4. The molecule has 0 radical (unpaired) electrons. The number of rotatable bonds is 6. The molecule has 3 aromatic carbocycles. The molecule has 0 unspecified atom stereocenters. The molecule has 1 N–H and O–H groups in total. The Hall–Kier alpha value is -4.09. The van der Waals surface area contributed by atoms with Crippen molar-refractivity contribution in [3.05, 3.63) is 111 Å². The molecule has 0 aromatic heterocycles. The normalized spacial score (nSPS) is 14.2. The molecule has 3 heterocycles. The summed E-state index contributed by atoms with van der Waals surface area (Å²) >= 11 is 6.96. The lowest BCUT2D eigenvalue weighted by atomic mass is 10.1. The molecule has 3 aliphatic rings. The van der Waals surface area contributed by atoms with Crippen LogP contribution in [0.15, 0.2) is 88.8 Å².